The van der Waals surface area contributed by atoms with Crippen molar-refractivity contribution in [1.82, 2.24) is 0 Å². The van der Waals surface area contributed by atoms with Gasteiger partial charge in [0.05, 0.1) is 24.2 Å². The van der Waals surface area contributed by atoms with Crippen molar-refractivity contribution < 1.29 is 13.2 Å². The minimum atomic E-state index is -3.73. The molecule has 27 heavy (non-hydrogen) atoms. The summed E-state index contributed by atoms with van der Waals surface area (Å²) in [5.41, 5.74) is 3.69. The maximum atomic E-state index is 13.4. The smallest absolute Gasteiger partial charge is 0.264 e. The van der Waals surface area contributed by atoms with Gasteiger partial charge in [-0.1, -0.05) is 42.0 Å². The number of benzene rings is 3. The van der Waals surface area contributed by atoms with E-state index in [2.05, 4.69) is 0 Å². The average molecular weight is 381 g/mol. The Morgan fingerprint density at radius 3 is 2.07 bits per heavy atom. The summed E-state index contributed by atoms with van der Waals surface area (Å²) in [5, 5.41) is 0. The zero-order valence-electron chi connectivity index (χ0n) is 15.7. The van der Waals surface area contributed by atoms with Gasteiger partial charge in [0.15, 0.2) is 0 Å². The van der Waals surface area contributed by atoms with Crippen LogP contribution in [-0.4, -0.2) is 15.5 Å². The molecule has 0 aliphatic heterocycles. The van der Waals surface area contributed by atoms with Gasteiger partial charge >= 0.3 is 0 Å². The number of sulfonamides is 1. The summed E-state index contributed by atoms with van der Waals surface area (Å²) in [6.45, 7) is 4.21. The molecule has 0 unspecified atom stereocenters. The molecule has 0 spiro atoms. The monoisotopic (exact) mass is 381 g/mol. The van der Waals surface area contributed by atoms with Crippen LogP contribution in [0.4, 0.5) is 5.69 Å². The largest absolute Gasteiger partial charge is 0.497 e. The Morgan fingerprint density at radius 2 is 1.48 bits per heavy atom. The summed E-state index contributed by atoms with van der Waals surface area (Å²) in [6.07, 6.45) is 0. The maximum Gasteiger partial charge on any atom is 0.264 e. The van der Waals surface area contributed by atoms with Crippen LogP contribution >= 0.6 is 0 Å². The fourth-order valence-corrected chi connectivity index (χ4v) is 4.39. The number of nitrogens with zero attached hydrogens (tertiary/aromatic N) is 1. The van der Waals surface area contributed by atoms with Crippen molar-refractivity contribution in [3.8, 4) is 5.75 Å². The van der Waals surface area contributed by atoms with Gasteiger partial charge in [0.25, 0.3) is 10.0 Å². The second-order valence-corrected chi connectivity index (χ2v) is 8.38. The Hall–Kier alpha value is -2.79. The minimum absolute atomic E-state index is 0.234. The van der Waals surface area contributed by atoms with Gasteiger partial charge in [0.2, 0.25) is 0 Å². The van der Waals surface area contributed by atoms with E-state index in [0.29, 0.717) is 11.4 Å². The SMILES string of the molecule is COc1ccc(S(=O)(=O)N(Cc2cccc(C)c2)c2cccc(C)c2)cc1. The third-order valence-electron chi connectivity index (χ3n) is 4.35. The third-order valence-corrected chi connectivity index (χ3v) is 6.13. The summed E-state index contributed by atoms with van der Waals surface area (Å²) < 4.78 is 33.4. The summed E-state index contributed by atoms with van der Waals surface area (Å²) in [7, 11) is -2.17. The minimum Gasteiger partial charge on any atom is -0.497 e. The fraction of sp³-hybridized carbons (Fsp3) is 0.182. The van der Waals surface area contributed by atoms with Crippen LogP contribution in [0.2, 0.25) is 0 Å². The molecule has 5 heteroatoms. The van der Waals surface area contributed by atoms with Gasteiger partial charge in [0, 0.05) is 0 Å². The number of methoxy groups -OCH3 is 1. The van der Waals surface area contributed by atoms with Gasteiger partial charge in [-0.25, -0.2) is 8.42 Å². The number of rotatable bonds is 6. The quantitative estimate of drug-likeness (QED) is 0.621. The average Bonchev–Trinajstić information content (AvgIpc) is 2.66. The molecule has 0 heterocycles. The van der Waals surface area contributed by atoms with Gasteiger partial charge in [-0.15, -0.1) is 0 Å². The van der Waals surface area contributed by atoms with E-state index in [-0.39, 0.29) is 11.4 Å². The van der Waals surface area contributed by atoms with Crippen molar-refractivity contribution in [3.05, 3.63) is 89.5 Å². The lowest BCUT2D eigenvalue weighted by Gasteiger charge is -2.25. The molecule has 4 nitrogen and oxygen atoms in total. The van der Waals surface area contributed by atoms with E-state index in [1.807, 2.05) is 62.4 Å². The van der Waals surface area contributed by atoms with Gasteiger partial charge < -0.3 is 4.74 Å². The van der Waals surface area contributed by atoms with Crippen molar-refractivity contribution in [2.45, 2.75) is 25.3 Å². The summed E-state index contributed by atoms with van der Waals surface area (Å²) in [4.78, 5) is 0.234. The Labute approximate surface area is 161 Å². The van der Waals surface area contributed by atoms with E-state index < -0.39 is 10.0 Å². The number of hydrogen-bond donors (Lipinski definition) is 0. The molecule has 0 aliphatic rings. The maximum absolute atomic E-state index is 13.4. The predicted molar refractivity (Wildman–Crippen MR) is 109 cm³/mol. The normalized spacial score (nSPS) is 11.2. The van der Waals surface area contributed by atoms with Gasteiger partial charge in [-0.05, 0) is 61.4 Å². The highest BCUT2D eigenvalue weighted by Crippen LogP contribution is 2.28. The van der Waals surface area contributed by atoms with Crippen LogP contribution in [0.15, 0.2) is 77.7 Å². The lowest BCUT2D eigenvalue weighted by atomic mass is 10.1. The Balaban J connectivity index is 2.07. The molecule has 0 saturated heterocycles. The second kappa shape index (κ2) is 7.84. The first-order chi connectivity index (χ1) is 12.9. The molecule has 0 N–H and O–H groups in total. The van der Waals surface area contributed by atoms with Crippen LogP contribution in [0.1, 0.15) is 16.7 Å². The Morgan fingerprint density at radius 1 is 0.852 bits per heavy atom. The van der Waals surface area contributed by atoms with Crippen LogP contribution in [-0.2, 0) is 16.6 Å². The topological polar surface area (TPSA) is 46.6 Å². The molecule has 0 bridgehead atoms. The first kappa shape index (κ1) is 19.0. The molecule has 0 amide bonds. The Bertz CT molecular complexity index is 1030. The molecule has 3 aromatic carbocycles. The van der Waals surface area contributed by atoms with E-state index in [9.17, 15) is 8.42 Å². The van der Waals surface area contributed by atoms with Crippen LogP contribution in [0.3, 0.4) is 0 Å². The molecule has 140 valence electrons. The molecule has 0 aliphatic carbocycles. The fourth-order valence-electron chi connectivity index (χ4n) is 2.95. The highest BCUT2D eigenvalue weighted by Gasteiger charge is 2.25. The number of ether oxygens (including phenoxy) is 1. The predicted octanol–water partition coefficient (Wildman–Crippen LogP) is 4.71. The summed E-state index contributed by atoms with van der Waals surface area (Å²) in [5.74, 6) is 0.620. The highest BCUT2D eigenvalue weighted by molar-refractivity contribution is 7.92. The van der Waals surface area contributed by atoms with Gasteiger partial charge in [-0.3, -0.25) is 4.31 Å². The van der Waals surface area contributed by atoms with Crippen molar-refractivity contribution in [2.75, 3.05) is 11.4 Å². The molecule has 0 aromatic heterocycles. The van der Waals surface area contributed by atoms with E-state index in [0.717, 1.165) is 16.7 Å². The van der Waals surface area contributed by atoms with E-state index in [4.69, 9.17) is 4.74 Å². The van der Waals surface area contributed by atoms with Crippen LogP contribution < -0.4 is 9.04 Å². The van der Waals surface area contributed by atoms with Gasteiger partial charge in [-0.2, -0.15) is 0 Å². The number of hydrogen-bond acceptors (Lipinski definition) is 3. The summed E-state index contributed by atoms with van der Waals surface area (Å²) in [6, 6.07) is 21.9. The third kappa shape index (κ3) is 4.31. The highest BCUT2D eigenvalue weighted by atomic mass is 32.2. The first-order valence-electron chi connectivity index (χ1n) is 8.69. The molecular formula is C22H23NO3S. The molecule has 0 saturated carbocycles. The van der Waals surface area contributed by atoms with Crippen molar-refractivity contribution >= 4 is 15.7 Å². The van der Waals surface area contributed by atoms with Crippen molar-refractivity contribution in [1.29, 1.82) is 0 Å². The second-order valence-electron chi connectivity index (χ2n) is 6.52. The van der Waals surface area contributed by atoms with E-state index in [1.54, 1.807) is 31.4 Å². The molecular weight excluding hydrogens is 358 g/mol. The zero-order valence-corrected chi connectivity index (χ0v) is 16.5. The van der Waals surface area contributed by atoms with Crippen molar-refractivity contribution in [2.24, 2.45) is 0 Å². The van der Waals surface area contributed by atoms with E-state index in [1.165, 1.54) is 4.31 Å². The van der Waals surface area contributed by atoms with Crippen LogP contribution in [0.25, 0.3) is 0 Å². The molecule has 0 atom stereocenters. The summed E-state index contributed by atoms with van der Waals surface area (Å²) >= 11 is 0. The molecule has 0 radical (unpaired) electrons. The molecule has 3 aromatic rings. The number of aryl methyl sites for hydroxylation is 2. The standard InChI is InChI=1S/C22H23NO3S/c1-17-6-4-8-19(14-17)16-23(20-9-5-7-18(2)15-20)27(24,25)22-12-10-21(26-3)11-13-22/h4-15H,16H2,1-3H3. The Kier molecular flexibility index (Phi) is 5.51. The zero-order chi connectivity index (χ0) is 19.4. The van der Waals surface area contributed by atoms with Gasteiger partial charge in [0.1, 0.15) is 5.75 Å². The lowest BCUT2D eigenvalue weighted by Crippen LogP contribution is -2.30. The lowest BCUT2D eigenvalue weighted by molar-refractivity contribution is 0.414. The molecule has 0 fully saturated rings. The van der Waals surface area contributed by atoms with Crippen LogP contribution in [0, 0.1) is 13.8 Å². The first-order valence-corrected chi connectivity index (χ1v) is 10.1. The number of anilines is 1. The van der Waals surface area contributed by atoms with E-state index >= 15 is 0 Å². The molecule has 3 rings (SSSR count). The van der Waals surface area contributed by atoms with Crippen LogP contribution in [0.5, 0.6) is 5.75 Å². The van der Waals surface area contributed by atoms with Crippen molar-refractivity contribution in [3.63, 3.8) is 0 Å².